The van der Waals surface area contributed by atoms with Crippen LogP contribution in [0.3, 0.4) is 0 Å². The Morgan fingerprint density at radius 3 is 2.70 bits per heavy atom. The Labute approximate surface area is 193 Å². The number of aromatic nitrogens is 5. The van der Waals surface area contributed by atoms with Crippen LogP contribution in [0.25, 0.3) is 11.5 Å². The normalized spacial score (nSPS) is 12.9. The van der Waals surface area contributed by atoms with Crippen LogP contribution in [0, 0.1) is 5.82 Å². The van der Waals surface area contributed by atoms with E-state index in [2.05, 4.69) is 25.6 Å². The Morgan fingerprint density at radius 2 is 2.00 bits per heavy atom. The smallest absolute Gasteiger partial charge is 0.308 e. The van der Waals surface area contributed by atoms with Gasteiger partial charge >= 0.3 is 11.8 Å². The molecule has 11 heteroatoms. The maximum atomic E-state index is 13.1. The first-order chi connectivity index (χ1) is 15.8. The fraction of sp³-hybridized carbons (Fsp3) is 0.227. The molecule has 1 aromatic carbocycles. The molecule has 0 saturated heterocycles. The number of aryl methyl sites for hydroxylation is 1. The molecule has 0 bridgehead atoms. The monoisotopic (exact) mass is 470 g/mol. The van der Waals surface area contributed by atoms with E-state index in [1.165, 1.54) is 24.3 Å². The number of methoxy groups -OCH3 is 1. The number of carbonyl (C=O) groups is 1. The second-order valence-corrected chi connectivity index (χ2v) is 7.86. The summed E-state index contributed by atoms with van der Waals surface area (Å²) in [4.78, 5) is 17.3. The van der Waals surface area contributed by atoms with Gasteiger partial charge in [-0.15, -0.1) is 10.2 Å². The SMILES string of the molecule is COc1c(C(C)(CNC(=O)c2nnc(-c3ccc(F)cc3)o2)c2cccc(Cl)n2)cnn1C. The van der Waals surface area contributed by atoms with Gasteiger partial charge in [-0.05, 0) is 43.3 Å². The molecule has 0 aliphatic carbocycles. The average Bonchev–Trinajstić information content (AvgIpc) is 3.45. The standard InChI is InChI=1S/C22H20ClFN6O3/c1-22(16-5-4-6-17(23)27-16,15-11-26-30(2)21(15)32-3)12-25-18(31)20-29-28-19(33-20)13-7-9-14(24)10-8-13/h4-11H,12H2,1-3H3,(H,25,31). The third-order valence-corrected chi connectivity index (χ3v) is 5.48. The Kier molecular flexibility index (Phi) is 6.10. The quantitative estimate of drug-likeness (QED) is 0.412. The number of hydrogen-bond acceptors (Lipinski definition) is 7. The molecule has 0 fully saturated rings. The zero-order valence-electron chi connectivity index (χ0n) is 18.0. The molecule has 0 spiro atoms. The largest absolute Gasteiger partial charge is 0.481 e. The lowest BCUT2D eigenvalue weighted by atomic mass is 9.80. The van der Waals surface area contributed by atoms with Gasteiger partial charge in [0.2, 0.25) is 11.8 Å². The van der Waals surface area contributed by atoms with E-state index in [9.17, 15) is 9.18 Å². The predicted molar refractivity (Wildman–Crippen MR) is 117 cm³/mol. The second-order valence-electron chi connectivity index (χ2n) is 7.47. The number of hydrogen-bond donors (Lipinski definition) is 1. The van der Waals surface area contributed by atoms with Crippen molar-refractivity contribution >= 4 is 17.5 Å². The third kappa shape index (κ3) is 4.42. The lowest BCUT2D eigenvalue weighted by Crippen LogP contribution is -2.40. The highest BCUT2D eigenvalue weighted by atomic mass is 35.5. The molecule has 9 nitrogen and oxygen atoms in total. The van der Waals surface area contributed by atoms with E-state index >= 15 is 0 Å². The molecular formula is C22H20ClFN6O3. The van der Waals surface area contributed by atoms with Crippen molar-refractivity contribution in [2.45, 2.75) is 12.3 Å². The summed E-state index contributed by atoms with van der Waals surface area (Å²) < 4.78 is 25.7. The number of rotatable bonds is 7. The van der Waals surface area contributed by atoms with Gasteiger partial charge in [0.15, 0.2) is 0 Å². The lowest BCUT2D eigenvalue weighted by Gasteiger charge is -2.29. The molecule has 1 N–H and O–H groups in total. The molecule has 4 rings (SSSR count). The zero-order chi connectivity index (χ0) is 23.6. The molecular weight excluding hydrogens is 451 g/mol. The van der Waals surface area contributed by atoms with E-state index in [-0.39, 0.29) is 18.3 Å². The minimum absolute atomic E-state index is 0.105. The summed E-state index contributed by atoms with van der Waals surface area (Å²) in [6, 6.07) is 10.8. The Bertz CT molecular complexity index is 1290. The van der Waals surface area contributed by atoms with Crippen LogP contribution in [-0.4, -0.2) is 44.5 Å². The van der Waals surface area contributed by atoms with Gasteiger partial charge in [-0.3, -0.25) is 4.79 Å². The number of ether oxygens (including phenoxy) is 1. The van der Waals surface area contributed by atoms with Crippen molar-refractivity contribution in [3.8, 4) is 17.3 Å². The number of halogens is 2. The van der Waals surface area contributed by atoms with E-state index in [0.717, 1.165) is 0 Å². The van der Waals surface area contributed by atoms with E-state index in [1.54, 1.807) is 37.2 Å². The summed E-state index contributed by atoms with van der Waals surface area (Å²) in [5.74, 6) is -0.574. The summed E-state index contributed by atoms with van der Waals surface area (Å²) in [7, 11) is 3.29. The minimum Gasteiger partial charge on any atom is -0.481 e. The average molecular weight is 471 g/mol. The first kappa shape index (κ1) is 22.4. The summed E-state index contributed by atoms with van der Waals surface area (Å²) >= 11 is 6.14. The highest BCUT2D eigenvalue weighted by molar-refractivity contribution is 6.29. The van der Waals surface area contributed by atoms with Crippen LogP contribution in [0.4, 0.5) is 4.39 Å². The van der Waals surface area contributed by atoms with Crippen molar-refractivity contribution in [1.29, 1.82) is 0 Å². The van der Waals surface area contributed by atoms with E-state index in [0.29, 0.717) is 27.9 Å². The van der Waals surface area contributed by atoms with Gasteiger partial charge < -0.3 is 14.5 Å². The summed E-state index contributed by atoms with van der Waals surface area (Å²) in [5, 5.41) is 15.1. The van der Waals surface area contributed by atoms with Crippen molar-refractivity contribution in [3.05, 3.63) is 76.8 Å². The van der Waals surface area contributed by atoms with E-state index < -0.39 is 17.1 Å². The summed E-state index contributed by atoms with van der Waals surface area (Å²) in [5.41, 5.74) is 0.968. The van der Waals surface area contributed by atoms with E-state index in [1.807, 2.05) is 13.0 Å². The molecule has 0 saturated carbocycles. The van der Waals surface area contributed by atoms with Gasteiger partial charge in [-0.25, -0.2) is 14.1 Å². The molecule has 33 heavy (non-hydrogen) atoms. The molecule has 1 amide bonds. The van der Waals surface area contributed by atoms with Crippen LogP contribution in [0.2, 0.25) is 5.15 Å². The summed E-state index contributed by atoms with van der Waals surface area (Å²) in [6.07, 6.45) is 1.66. The van der Waals surface area contributed by atoms with Gasteiger partial charge in [0, 0.05) is 24.7 Å². The number of carbonyl (C=O) groups excluding carboxylic acids is 1. The number of benzene rings is 1. The number of amides is 1. The molecule has 0 radical (unpaired) electrons. The first-order valence-corrected chi connectivity index (χ1v) is 10.3. The van der Waals surface area contributed by atoms with Gasteiger partial charge in [-0.2, -0.15) is 5.10 Å². The Balaban J connectivity index is 1.61. The van der Waals surface area contributed by atoms with Crippen LogP contribution >= 0.6 is 11.6 Å². The van der Waals surface area contributed by atoms with Crippen LogP contribution in [0.5, 0.6) is 5.88 Å². The summed E-state index contributed by atoms with van der Waals surface area (Å²) in [6.45, 7) is 2.00. The molecule has 0 aliphatic rings. The molecule has 3 heterocycles. The Morgan fingerprint density at radius 1 is 1.24 bits per heavy atom. The second kappa shape index (κ2) is 8.99. The van der Waals surface area contributed by atoms with Crippen molar-refractivity contribution in [1.82, 2.24) is 30.3 Å². The fourth-order valence-corrected chi connectivity index (χ4v) is 3.61. The number of pyridine rings is 1. The molecule has 1 unspecified atom stereocenters. The van der Waals surface area contributed by atoms with Crippen molar-refractivity contribution < 1.29 is 18.3 Å². The van der Waals surface area contributed by atoms with Crippen LogP contribution in [0.15, 0.2) is 53.1 Å². The maximum absolute atomic E-state index is 13.1. The fourth-order valence-electron chi connectivity index (χ4n) is 3.44. The first-order valence-electron chi connectivity index (χ1n) is 9.89. The Hall–Kier alpha value is -3.79. The molecule has 1 atom stereocenters. The highest BCUT2D eigenvalue weighted by Gasteiger charge is 2.36. The van der Waals surface area contributed by atoms with Crippen LogP contribution in [0.1, 0.15) is 28.9 Å². The zero-order valence-corrected chi connectivity index (χ0v) is 18.8. The van der Waals surface area contributed by atoms with Gasteiger partial charge in [0.05, 0.1) is 24.4 Å². The van der Waals surface area contributed by atoms with Crippen LogP contribution in [-0.2, 0) is 12.5 Å². The topological polar surface area (TPSA) is 108 Å². The van der Waals surface area contributed by atoms with Gasteiger partial charge in [-0.1, -0.05) is 17.7 Å². The molecule has 170 valence electrons. The lowest BCUT2D eigenvalue weighted by molar-refractivity contribution is 0.0912. The minimum atomic E-state index is -0.847. The van der Waals surface area contributed by atoms with Gasteiger partial charge in [0.25, 0.3) is 0 Å². The van der Waals surface area contributed by atoms with Crippen molar-refractivity contribution in [3.63, 3.8) is 0 Å². The molecule has 3 aromatic heterocycles. The number of nitrogens with zero attached hydrogens (tertiary/aromatic N) is 5. The van der Waals surface area contributed by atoms with Crippen molar-refractivity contribution in [2.75, 3.05) is 13.7 Å². The van der Waals surface area contributed by atoms with Gasteiger partial charge in [0.1, 0.15) is 11.0 Å². The van der Waals surface area contributed by atoms with Crippen molar-refractivity contribution in [2.24, 2.45) is 7.05 Å². The highest BCUT2D eigenvalue weighted by Crippen LogP contribution is 2.36. The third-order valence-electron chi connectivity index (χ3n) is 5.27. The molecule has 0 aliphatic heterocycles. The van der Waals surface area contributed by atoms with E-state index in [4.69, 9.17) is 20.8 Å². The predicted octanol–water partition coefficient (Wildman–Crippen LogP) is 3.40. The van der Waals surface area contributed by atoms with Crippen LogP contribution < -0.4 is 10.1 Å². The number of nitrogens with one attached hydrogen (secondary N) is 1. The maximum Gasteiger partial charge on any atom is 0.308 e. The molecule has 4 aromatic rings.